The van der Waals surface area contributed by atoms with Crippen molar-refractivity contribution in [2.75, 3.05) is 0 Å². The third kappa shape index (κ3) is 3.85. The summed E-state index contributed by atoms with van der Waals surface area (Å²) >= 11 is 5.98. The molecule has 1 atom stereocenters. The second-order valence-corrected chi connectivity index (χ2v) is 7.40. The predicted molar refractivity (Wildman–Crippen MR) is 102 cm³/mol. The number of fused-ring (bicyclic) bond motifs is 1. The number of aromatic nitrogens is 5. The molecule has 0 saturated carbocycles. The Labute approximate surface area is 178 Å². The van der Waals surface area contributed by atoms with Gasteiger partial charge < -0.3 is 4.90 Å². The molecule has 162 valence electrons. The molecule has 0 unspecified atom stereocenters. The standard InChI is InChI=1S/C19H15ClF4N6O/c1-10-8-30-16(15-25-6-5-12(7-21)26-15)27-28-17(30)18(31)29(10)9-11-3-2-4-13(14(11)20)19(22,23)24/h2-6,10H,7-9H2,1H3/t10-/m0/s1. The van der Waals surface area contributed by atoms with Gasteiger partial charge in [-0.15, -0.1) is 10.2 Å². The lowest BCUT2D eigenvalue weighted by Gasteiger charge is -2.34. The number of hydrogen-bond acceptors (Lipinski definition) is 5. The fraction of sp³-hybridized carbons (Fsp3) is 0.316. The Morgan fingerprint density at radius 3 is 2.65 bits per heavy atom. The molecule has 1 aromatic carbocycles. The minimum Gasteiger partial charge on any atom is -0.327 e. The van der Waals surface area contributed by atoms with Crippen LogP contribution in [0.15, 0.2) is 30.5 Å². The first-order chi connectivity index (χ1) is 14.7. The third-order valence-electron chi connectivity index (χ3n) is 4.96. The van der Waals surface area contributed by atoms with E-state index in [9.17, 15) is 22.4 Å². The van der Waals surface area contributed by atoms with Gasteiger partial charge in [0.15, 0.2) is 5.82 Å². The number of alkyl halides is 4. The van der Waals surface area contributed by atoms with Crippen LogP contribution in [0, 0.1) is 0 Å². The summed E-state index contributed by atoms with van der Waals surface area (Å²) in [7, 11) is 0. The van der Waals surface area contributed by atoms with E-state index in [2.05, 4.69) is 20.2 Å². The van der Waals surface area contributed by atoms with Crippen molar-refractivity contribution < 1.29 is 22.4 Å². The summed E-state index contributed by atoms with van der Waals surface area (Å²) < 4.78 is 53.9. The summed E-state index contributed by atoms with van der Waals surface area (Å²) in [4.78, 5) is 22.5. The van der Waals surface area contributed by atoms with Gasteiger partial charge in [0.1, 0.15) is 6.67 Å². The smallest absolute Gasteiger partial charge is 0.327 e. The quantitative estimate of drug-likeness (QED) is 0.558. The lowest BCUT2D eigenvalue weighted by atomic mass is 10.1. The van der Waals surface area contributed by atoms with Gasteiger partial charge >= 0.3 is 6.18 Å². The Balaban J connectivity index is 1.66. The maximum Gasteiger partial charge on any atom is 0.417 e. The molecule has 0 fully saturated rings. The largest absolute Gasteiger partial charge is 0.417 e. The first-order valence-electron chi connectivity index (χ1n) is 9.17. The zero-order valence-electron chi connectivity index (χ0n) is 16.1. The molecule has 1 aliphatic heterocycles. The monoisotopic (exact) mass is 454 g/mol. The lowest BCUT2D eigenvalue weighted by molar-refractivity contribution is -0.137. The highest BCUT2D eigenvalue weighted by atomic mass is 35.5. The Hall–Kier alpha value is -3.08. The van der Waals surface area contributed by atoms with Crippen LogP contribution in [0.5, 0.6) is 0 Å². The Morgan fingerprint density at radius 1 is 1.19 bits per heavy atom. The van der Waals surface area contributed by atoms with Gasteiger partial charge in [-0.2, -0.15) is 13.2 Å². The topological polar surface area (TPSA) is 76.8 Å². The van der Waals surface area contributed by atoms with Crippen LogP contribution in [0.3, 0.4) is 0 Å². The number of hydrogen-bond donors (Lipinski definition) is 0. The first-order valence-corrected chi connectivity index (χ1v) is 9.55. The summed E-state index contributed by atoms with van der Waals surface area (Å²) in [5.41, 5.74) is -0.624. The molecule has 7 nitrogen and oxygen atoms in total. The van der Waals surface area contributed by atoms with Crippen LogP contribution < -0.4 is 0 Å². The highest BCUT2D eigenvalue weighted by Crippen LogP contribution is 2.37. The first kappa shape index (κ1) is 21.2. The van der Waals surface area contributed by atoms with E-state index in [1.54, 1.807) is 6.92 Å². The molecule has 1 amide bonds. The highest BCUT2D eigenvalue weighted by Gasteiger charge is 2.37. The van der Waals surface area contributed by atoms with Crippen molar-refractivity contribution in [1.82, 2.24) is 29.6 Å². The number of carbonyl (C=O) groups is 1. The molecule has 31 heavy (non-hydrogen) atoms. The molecular weight excluding hydrogens is 440 g/mol. The molecule has 0 N–H and O–H groups in total. The van der Waals surface area contributed by atoms with Crippen molar-refractivity contribution in [3.63, 3.8) is 0 Å². The van der Waals surface area contributed by atoms with Crippen molar-refractivity contribution in [3.05, 3.63) is 58.1 Å². The van der Waals surface area contributed by atoms with E-state index >= 15 is 0 Å². The van der Waals surface area contributed by atoms with Gasteiger partial charge in [0.2, 0.25) is 11.6 Å². The molecule has 12 heteroatoms. The average Bonchev–Trinajstić information content (AvgIpc) is 3.15. The number of rotatable bonds is 4. The normalized spacial score (nSPS) is 16.5. The molecule has 1 aliphatic rings. The molecule has 0 saturated heterocycles. The zero-order valence-corrected chi connectivity index (χ0v) is 16.8. The highest BCUT2D eigenvalue weighted by molar-refractivity contribution is 6.32. The van der Waals surface area contributed by atoms with Crippen LogP contribution in [0.1, 0.15) is 34.4 Å². The molecule has 0 spiro atoms. The van der Waals surface area contributed by atoms with E-state index in [1.807, 2.05) is 0 Å². The third-order valence-corrected chi connectivity index (χ3v) is 5.40. The molecule has 3 aromatic rings. The van der Waals surface area contributed by atoms with Crippen LogP contribution in [0.25, 0.3) is 11.6 Å². The zero-order chi connectivity index (χ0) is 22.3. The van der Waals surface area contributed by atoms with Gasteiger partial charge in [-0.25, -0.2) is 14.4 Å². The molecule has 0 bridgehead atoms. The van der Waals surface area contributed by atoms with E-state index < -0.39 is 35.4 Å². The van der Waals surface area contributed by atoms with Gasteiger partial charge in [0.25, 0.3) is 5.91 Å². The van der Waals surface area contributed by atoms with Crippen LogP contribution in [-0.4, -0.2) is 41.6 Å². The van der Waals surface area contributed by atoms with E-state index in [1.165, 1.54) is 33.9 Å². The summed E-state index contributed by atoms with van der Waals surface area (Å²) in [5, 5.41) is 7.44. The molecule has 2 aromatic heterocycles. The summed E-state index contributed by atoms with van der Waals surface area (Å²) in [6.07, 6.45) is -3.22. The van der Waals surface area contributed by atoms with Gasteiger partial charge in [-0.3, -0.25) is 9.36 Å². The van der Waals surface area contributed by atoms with Crippen LogP contribution >= 0.6 is 11.6 Å². The van der Waals surface area contributed by atoms with Crippen molar-refractivity contribution in [1.29, 1.82) is 0 Å². The number of nitrogens with zero attached hydrogens (tertiary/aromatic N) is 6. The van der Waals surface area contributed by atoms with E-state index in [0.29, 0.717) is 0 Å². The van der Waals surface area contributed by atoms with Crippen LogP contribution in [-0.2, 0) is 25.9 Å². The number of benzene rings is 1. The van der Waals surface area contributed by atoms with Crippen LogP contribution in [0.4, 0.5) is 17.6 Å². The molecule has 0 radical (unpaired) electrons. The Morgan fingerprint density at radius 2 is 1.94 bits per heavy atom. The van der Waals surface area contributed by atoms with Crippen LogP contribution in [0.2, 0.25) is 5.02 Å². The Kier molecular flexibility index (Phi) is 5.38. The minimum absolute atomic E-state index is 0.00884. The van der Waals surface area contributed by atoms with Crippen molar-refractivity contribution in [3.8, 4) is 11.6 Å². The molecular formula is C19H15ClF4N6O. The van der Waals surface area contributed by atoms with Crippen molar-refractivity contribution in [2.45, 2.75) is 38.9 Å². The minimum atomic E-state index is -4.60. The summed E-state index contributed by atoms with van der Waals surface area (Å²) in [6, 6.07) is 4.59. The average molecular weight is 455 g/mol. The fourth-order valence-corrected chi connectivity index (χ4v) is 3.69. The number of halogens is 5. The van der Waals surface area contributed by atoms with E-state index in [4.69, 9.17) is 11.6 Å². The second kappa shape index (κ2) is 7.88. The van der Waals surface area contributed by atoms with Gasteiger partial charge in [-0.1, -0.05) is 23.7 Å². The van der Waals surface area contributed by atoms with Gasteiger partial charge in [0, 0.05) is 25.3 Å². The summed E-state index contributed by atoms with van der Waals surface area (Å²) in [5.74, 6) is -0.191. The maximum atomic E-state index is 13.2. The van der Waals surface area contributed by atoms with Crippen molar-refractivity contribution >= 4 is 17.5 Å². The fourth-order valence-electron chi connectivity index (χ4n) is 3.40. The van der Waals surface area contributed by atoms with Gasteiger partial charge in [-0.05, 0) is 24.6 Å². The maximum absolute atomic E-state index is 13.2. The van der Waals surface area contributed by atoms with Crippen molar-refractivity contribution in [2.24, 2.45) is 0 Å². The SMILES string of the molecule is C[C@H]1Cn2c(nnc2-c2nccc(CF)n2)C(=O)N1Cc1cccc(C(F)(F)F)c1Cl. The predicted octanol–water partition coefficient (Wildman–Crippen LogP) is 3.92. The number of carbonyl (C=O) groups excluding carboxylic acids is 1. The van der Waals surface area contributed by atoms with E-state index in [-0.39, 0.29) is 41.8 Å². The second-order valence-electron chi connectivity index (χ2n) is 7.02. The lowest BCUT2D eigenvalue weighted by Crippen LogP contribution is -2.46. The molecule has 4 rings (SSSR count). The van der Waals surface area contributed by atoms with Gasteiger partial charge in [0.05, 0.1) is 16.3 Å². The summed E-state index contributed by atoms with van der Waals surface area (Å²) in [6.45, 7) is 1.09. The number of amides is 1. The van der Waals surface area contributed by atoms with E-state index in [0.717, 1.165) is 6.07 Å². The Bertz CT molecular complexity index is 1150. The molecule has 0 aliphatic carbocycles. The molecule has 3 heterocycles.